The molecule has 0 radical (unpaired) electrons. The summed E-state index contributed by atoms with van der Waals surface area (Å²) in [4.78, 5) is 25.3. The molecule has 5 heteroatoms. The summed E-state index contributed by atoms with van der Waals surface area (Å²) in [5.74, 6) is -0.410. The third kappa shape index (κ3) is 4.11. The first-order valence-electron chi connectivity index (χ1n) is 8.26. The Morgan fingerprint density at radius 2 is 1.81 bits per heavy atom. The zero-order valence-electron chi connectivity index (χ0n) is 14.6. The Morgan fingerprint density at radius 3 is 2.54 bits per heavy atom. The Hall–Kier alpha value is -2.66. The van der Waals surface area contributed by atoms with Crippen molar-refractivity contribution in [1.29, 1.82) is 0 Å². The van der Waals surface area contributed by atoms with Crippen LogP contribution in [0.5, 0.6) is 0 Å². The van der Waals surface area contributed by atoms with Gasteiger partial charge in [0.2, 0.25) is 0 Å². The predicted octanol–water partition coefficient (Wildman–Crippen LogP) is 4.53. The highest BCUT2D eigenvalue weighted by Crippen LogP contribution is 2.15. The molecule has 0 fully saturated rings. The number of nitrogens with one attached hydrogen (secondary N) is 1. The zero-order chi connectivity index (χ0) is 18.7. The van der Waals surface area contributed by atoms with Crippen molar-refractivity contribution in [3.63, 3.8) is 0 Å². The maximum Gasteiger partial charge on any atom is 0.263 e. The van der Waals surface area contributed by atoms with Crippen LogP contribution >= 0.6 is 15.9 Å². The number of aryl methyl sites for hydroxylation is 2. The lowest BCUT2D eigenvalue weighted by Gasteiger charge is -2.11. The first kappa shape index (κ1) is 18.1. The number of pyridine rings is 1. The van der Waals surface area contributed by atoms with Crippen LogP contribution in [0.4, 0.5) is 5.69 Å². The fourth-order valence-electron chi connectivity index (χ4n) is 2.72. The van der Waals surface area contributed by atoms with Crippen LogP contribution in [-0.4, -0.2) is 10.5 Å². The topological polar surface area (TPSA) is 51.1 Å². The van der Waals surface area contributed by atoms with Gasteiger partial charge >= 0.3 is 0 Å². The number of hydrogen-bond acceptors (Lipinski definition) is 2. The lowest BCUT2D eigenvalue weighted by Crippen LogP contribution is -2.29. The van der Waals surface area contributed by atoms with Gasteiger partial charge in [-0.1, -0.05) is 39.7 Å². The summed E-state index contributed by atoms with van der Waals surface area (Å²) in [6, 6.07) is 16.6. The molecular weight excluding hydrogens is 392 g/mol. The van der Waals surface area contributed by atoms with Crippen molar-refractivity contribution in [2.24, 2.45) is 0 Å². The van der Waals surface area contributed by atoms with E-state index < -0.39 is 5.91 Å². The van der Waals surface area contributed by atoms with Gasteiger partial charge in [0.05, 0.1) is 6.54 Å². The third-order valence-electron chi connectivity index (χ3n) is 4.21. The third-order valence-corrected chi connectivity index (χ3v) is 4.74. The van der Waals surface area contributed by atoms with E-state index in [0.29, 0.717) is 12.2 Å². The molecular formula is C21H19BrN2O2. The summed E-state index contributed by atoms with van der Waals surface area (Å²) < 4.78 is 2.49. The van der Waals surface area contributed by atoms with E-state index in [1.807, 2.05) is 38.1 Å². The largest absolute Gasteiger partial charge is 0.322 e. The summed E-state index contributed by atoms with van der Waals surface area (Å²) in [7, 11) is 0. The fraction of sp³-hybridized carbons (Fsp3) is 0.143. The molecule has 4 nitrogen and oxygen atoms in total. The SMILES string of the molecule is Cc1ccc(C)c(Cn2cccc(C(=O)Nc3ccc(Br)cc3)c2=O)c1. The second-order valence-electron chi connectivity index (χ2n) is 6.25. The number of amides is 1. The van der Waals surface area contributed by atoms with Gasteiger partial charge in [0.25, 0.3) is 11.5 Å². The van der Waals surface area contributed by atoms with E-state index in [1.165, 1.54) is 0 Å². The Morgan fingerprint density at radius 1 is 1.08 bits per heavy atom. The van der Waals surface area contributed by atoms with Crippen LogP contribution in [0.15, 0.2) is 70.1 Å². The van der Waals surface area contributed by atoms with Crippen LogP contribution in [0.3, 0.4) is 0 Å². The van der Waals surface area contributed by atoms with E-state index in [-0.39, 0.29) is 11.1 Å². The number of rotatable bonds is 4. The van der Waals surface area contributed by atoms with Crippen LogP contribution in [0.25, 0.3) is 0 Å². The molecule has 1 aromatic heterocycles. The molecule has 1 heterocycles. The zero-order valence-corrected chi connectivity index (χ0v) is 16.2. The molecule has 26 heavy (non-hydrogen) atoms. The molecule has 0 aliphatic heterocycles. The van der Waals surface area contributed by atoms with E-state index in [9.17, 15) is 9.59 Å². The molecule has 0 saturated heterocycles. The molecule has 0 spiro atoms. The smallest absolute Gasteiger partial charge is 0.263 e. The average molecular weight is 411 g/mol. The molecule has 2 aromatic carbocycles. The van der Waals surface area contributed by atoms with Gasteiger partial charge in [0, 0.05) is 16.4 Å². The van der Waals surface area contributed by atoms with E-state index in [4.69, 9.17) is 0 Å². The fourth-order valence-corrected chi connectivity index (χ4v) is 2.98. The van der Waals surface area contributed by atoms with Crippen molar-refractivity contribution in [3.05, 3.63) is 97.9 Å². The minimum Gasteiger partial charge on any atom is -0.322 e. The molecule has 1 N–H and O–H groups in total. The summed E-state index contributed by atoms with van der Waals surface area (Å²) in [5, 5.41) is 2.76. The van der Waals surface area contributed by atoms with Crippen molar-refractivity contribution in [2.45, 2.75) is 20.4 Å². The van der Waals surface area contributed by atoms with E-state index in [2.05, 4.69) is 27.3 Å². The monoisotopic (exact) mass is 410 g/mol. The number of carbonyl (C=O) groups is 1. The lowest BCUT2D eigenvalue weighted by atomic mass is 10.1. The molecule has 0 saturated carbocycles. The second kappa shape index (κ2) is 7.70. The standard InChI is InChI=1S/C21H19BrN2O2/c1-14-5-6-15(2)16(12-14)13-24-11-3-4-19(21(24)26)20(25)23-18-9-7-17(22)8-10-18/h3-12H,13H2,1-2H3,(H,23,25). The molecule has 1 amide bonds. The number of benzene rings is 2. The number of carbonyl (C=O) groups excluding carboxylic acids is 1. The normalized spacial score (nSPS) is 10.6. The van der Waals surface area contributed by atoms with Gasteiger partial charge in [-0.3, -0.25) is 9.59 Å². The van der Waals surface area contributed by atoms with Gasteiger partial charge in [-0.15, -0.1) is 0 Å². The Bertz CT molecular complexity index is 1010. The predicted molar refractivity (Wildman–Crippen MR) is 108 cm³/mol. The summed E-state index contributed by atoms with van der Waals surface area (Å²) in [6.45, 7) is 4.48. The van der Waals surface area contributed by atoms with Crippen LogP contribution in [0.2, 0.25) is 0 Å². The lowest BCUT2D eigenvalue weighted by molar-refractivity contribution is 0.102. The number of anilines is 1. The van der Waals surface area contributed by atoms with Gasteiger partial charge < -0.3 is 9.88 Å². The molecule has 0 bridgehead atoms. The van der Waals surface area contributed by atoms with Crippen LogP contribution < -0.4 is 10.9 Å². The number of nitrogens with zero attached hydrogens (tertiary/aromatic N) is 1. The van der Waals surface area contributed by atoms with Crippen molar-refractivity contribution < 1.29 is 4.79 Å². The van der Waals surface area contributed by atoms with Crippen molar-refractivity contribution >= 4 is 27.5 Å². The van der Waals surface area contributed by atoms with E-state index in [0.717, 1.165) is 21.2 Å². The Kier molecular flexibility index (Phi) is 5.38. The first-order valence-corrected chi connectivity index (χ1v) is 9.06. The highest BCUT2D eigenvalue weighted by molar-refractivity contribution is 9.10. The van der Waals surface area contributed by atoms with Crippen LogP contribution in [0, 0.1) is 13.8 Å². The minimum absolute atomic E-state index is 0.126. The molecule has 3 rings (SSSR count). The minimum atomic E-state index is -0.410. The molecule has 0 atom stereocenters. The van der Waals surface area contributed by atoms with Gasteiger partial charge in [0.1, 0.15) is 5.56 Å². The van der Waals surface area contributed by atoms with E-state index in [1.54, 1.807) is 35.0 Å². The van der Waals surface area contributed by atoms with Crippen molar-refractivity contribution in [1.82, 2.24) is 4.57 Å². The summed E-state index contributed by atoms with van der Waals surface area (Å²) in [6.07, 6.45) is 1.71. The Balaban J connectivity index is 1.87. The van der Waals surface area contributed by atoms with Gasteiger partial charge in [-0.2, -0.15) is 0 Å². The quantitative estimate of drug-likeness (QED) is 0.686. The van der Waals surface area contributed by atoms with E-state index >= 15 is 0 Å². The van der Waals surface area contributed by atoms with Gasteiger partial charge in [0.15, 0.2) is 0 Å². The summed E-state index contributed by atoms with van der Waals surface area (Å²) in [5.41, 5.74) is 3.79. The highest BCUT2D eigenvalue weighted by Gasteiger charge is 2.13. The first-order chi connectivity index (χ1) is 12.4. The maximum atomic E-state index is 12.7. The second-order valence-corrected chi connectivity index (χ2v) is 7.16. The number of hydrogen-bond donors (Lipinski definition) is 1. The van der Waals surface area contributed by atoms with Crippen molar-refractivity contribution in [2.75, 3.05) is 5.32 Å². The van der Waals surface area contributed by atoms with Gasteiger partial charge in [-0.25, -0.2) is 0 Å². The highest BCUT2D eigenvalue weighted by atomic mass is 79.9. The Labute approximate surface area is 160 Å². The van der Waals surface area contributed by atoms with Crippen LogP contribution in [-0.2, 0) is 6.54 Å². The molecule has 0 unspecified atom stereocenters. The molecule has 0 aliphatic carbocycles. The number of aromatic nitrogens is 1. The molecule has 0 aliphatic rings. The van der Waals surface area contributed by atoms with Gasteiger partial charge in [-0.05, 0) is 61.4 Å². The van der Waals surface area contributed by atoms with Crippen molar-refractivity contribution in [3.8, 4) is 0 Å². The average Bonchev–Trinajstić information content (AvgIpc) is 2.62. The molecule has 132 valence electrons. The van der Waals surface area contributed by atoms with Crippen LogP contribution in [0.1, 0.15) is 27.0 Å². The summed E-state index contributed by atoms with van der Waals surface area (Å²) >= 11 is 3.35. The maximum absolute atomic E-state index is 12.7. The molecule has 3 aromatic rings. The number of halogens is 1.